The van der Waals surface area contributed by atoms with Crippen molar-refractivity contribution < 1.29 is 24.7 Å². The van der Waals surface area contributed by atoms with Crippen molar-refractivity contribution in [1.82, 2.24) is 0 Å². The molecule has 0 aliphatic carbocycles. The van der Waals surface area contributed by atoms with Gasteiger partial charge in [-0.3, -0.25) is 10.1 Å². The van der Waals surface area contributed by atoms with Crippen molar-refractivity contribution in [1.29, 1.82) is 0 Å². The molecule has 23 heavy (non-hydrogen) atoms. The summed E-state index contributed by atoms with van der Waals surface area (Å²) in [5.41, 5.74) is 2.10. The van der Waals surface area contributed by atoms with Crippen LogP contribution in [0.25, 0.3) is 11.1 Å². The van der Waals surface area contributed by atoms with Crippen molar-refractivity contribution in [3.63, 3.8) is 0 Å². The minimum absolute atomic E-state index is 0.00812. The monoisotopic (exact) mass is 313 g/mol. The zero-order valence-electron chi connectivity index (χ0n) is 11.7. The van der Waals surface area contributed by atoms with E-state index in [4.69, 9.17) is 4.74 Å². The number of nitro groups is 1. The summed E-state index contributed by atoms with van der Waals surface area (Å²) in [7, 11) is 0. The molecule has 1 heterocycles. The van der Waals surface area contributed by atoms with Crippen LogP contribution in [0.3, 0.4) is 0 Å². The predicted molar refractivity (Wildman–Crippen MR) is 79.6 cm³/mol. The van der Waals surface area contributed by atoms with Crippen LogP contribution in [-0.2, 0) is 9.53 Å². The fraction of sp³-hybridized carbons (Fsp3) is 0.0625. The highest BCUT2D eigenvalue weighted by Crippen LogP contribution is 2.33. The van der Waals surface area contributed by atoms with Crippen molar-refractivity contribution in [2.45, 2.75) is 6.10 Å². The van der Waals surface area contributed by atoms with Gasteiger partial charge in [-0.1, -0.05) is 24.3 Å². The van der Waals surface area contributed by atoms with E-state index in [2.05, 4.69) is 0 Å². The first-order chi connectivity index (χ1) is 11.0. The summed E-state index contributed by atoms with van der Waals surface area (Å²) in [6.45, 7) is 0. The average molecular weight is 313 g/mol. The molecule has 1 atom stereocenters. The molecule has 1 aliphatic heterocycles. The molecule has 0 radical (unpaired) electrons. The van der Waals surface area contributed by atoms with Gasteiger partial charge in [-0.25, -0.2) is 4.79 Å². The third-order valence-electron chi connectivity index (χ3n) is 3.53. The standard InChI is InChI=1S/C16H11NO6/c18-13-14(19)16(20)23-15(13)11-3-1-9(2-4-11)10-5-7-12(8-6-10)17(21)22/h1-8,15,18-19H. The Bertz CT molecular complexity index is 807. The summed E-state index contributed by atoms with van der Waals surface area (Å²) in [4.78, 5) is 21.4. The predicted octanol–water partition coefficient (Wildman–Crippen LogP) is 3.19. The van der Waals surface area contributed by atoms with Crippen LogP contribution in [0.4, 0.5) is 5.69 Å². The quantitative estimate of drug-likeness (QED) is 0.511. The summed E-state index contributed by atoms with van der Waals surface area (Å²) in [5, 5.41) is 29.6. The fourth-order valence-corrected chi connectivity index (χ4v) is 2.30. The second-order valence-electron chi connectivity index (χ2n) is 4.95. The maximum atomic E-state index is 11.2. The number of nitrogens with zero attached hydrogens (tertiary/aromatic N) is 1. The Kier molecular flexibility index (Phi) is 3.46. The van der Waals surface area contributed by atoms with Gasteiger partial charge >= 0.3 is 5.97 Å². The first kappa shape index (κ1) is 14.6. The van der Waals surface area contributed by atoms with Gasteiger partial charge in [0.05, 0.1) is 4.92 Å². The van der Waals surface area contributed by atoms with Crippen molar-refractivity contribution >= 4 is 11.7 Å². The number of hydrogen-bond acceptors (Lipinski definition) is 6. The van der Waals surface area contributed by atoms with Gasteiger partial charge in [-0.15, -0.1) is 0 Å². The first-order valence-corrected chi connectivity index (χ1v) is 6.65. The van der Waals surface area contributed by atoms with Crippen molar-refractivity contribution in [2.75, 3.05) is 0 Å². The molecule has 0 saturated carbocycles. The lowest BCUT2D eigenvalue weighted by atomic mass is 10.0. The molecule has 0 aromatic heterocycles. The topological polar surface area (TPSA) is 110 Å². The normalized spacial score (nSPS) is 17.2. The maximum Gasteiger partial charge on any atom is 0.378 e. The molecule has 0 saturated heterocycles. The van der Waals surface area contributed by atoms with E-state index >= 15 is 0 Å². The van der Waals surface area contributed by atoms with Crippen LogP contribution >= 0.6 is 0 Å². The van der Waals surface area contributed by atoms with E-state index in [1.165, 1.54) is 12.1 Å². The molecule has 1 unspecified atom stereocenters. The molecule has 0 spiro atoms. The Balaban J connectivity index is 1.85. The summed E-state index contributed by atoms with van der Waals surface area (Å²) in [6, 6.07) is 12.8. The molecule has 3 rings (SSSR count). The summed E-state index contributed by atoms with van der Waals surface area (Å²) < 4.78 is 4.87. The smallest absolute Gasteiger partial charge is 0.378 e. The van der Waals surface area contributed by atoms with Crippen LogP contribution in [0.1, 0.15) is 11.7 Å². The van der Waals surface area contributed by atoms with Gasteiger partial charge in [0.2, 0.25) is 5.76 Å². The molecule has 7 heteroatoms. The van der Waals surface area contributed by atoms with Gasteiger partial charge in [-0.2, -0.15) is 0 Å². The van der Waals surface area contributed by atoms with Crippen molar-refractivity contribution in [3.05, 3.63) is 75.7 Å². The number of aliphatic hydroxyl groups is 2. The minimum atomic E-state index is -1.02. The fourth-order valence-electron chi connectivity index (χ4n) is 2.30. The highest BCUT2D eigenvalue weighted by molar-refractivity contribution is 5.89. The van der Waals surface area contributed by atoms with Crippen molar-refractivity contribution in [2.24, 2.45) is 0 Å². The van der Waals surface area contributed by atoms with Gasteiger partial charge < -0.3 is 14.9 Å². The third-order valence-corrected chi connectivity index (χ3v) is 3.53. The number of carbonyl (C=O) groups excluding carboxylic acids is 1. The van der Waals surface area contributed by atoms with Gasteiger partial charge in [-0.05, 0) is 23.3 Å². The van der Waals surface area contributed by atoms with Gasteiger partial charge in [0.1, 0.15) is 0 Å². The molecular weight excluding hydrogens is 302 g/mol. The number of carbonyl (C=O) groups is 1. The number of esters is 1. The molecule has 1 aliphatic rings. The Hall–Kier alpha value is -3.35. The molecule has 0 bridgehead atoms. The summed E-state index contributed by atoms with van der Waals surface area (Å²) in [5.74, 6) is -2.26. The Labute approximate surface area is 130 Å². The lowest BCUT2D eigenvalue weighted by Crippen LogP contribution is -2.03. The molecule has 0 amide bonds. The zero-order valence-corrected chi connectivity index (χ0v) is 11.7. The van der Waals surface area contributed by atoms with Gasteiger partial charge in [0.15, 0.2) is 11.9 Å². The van der Waals surface area contributed by atoms with Crippen LogP contribution in [-0.4, -0.2) is 21.1 Å². The highest BCUT2D eigenvalue weighted by atomic mass is 16.6. The lowest BCUT2D eigenvalue weighted by Gasteiger charge is -2.11. The summed E-state index contributed by atoms with van der Waals surface area (Å²) >= 11 is 0. The number of non-ortho nitro benzene ring substituents is 1. The molecule has 2 aromatic rings. The molecule has 7 nitrogen and oxygen atoms in total. The Morgan fingerprint density at radius 2 is 1.48 bits per heavy atom. The SMILES string of the molecule is O=C1OC(c2ccc(-c3ccc([N+](=O)[O-])cc3)cc2)C(O)=C1O. The van der Waals surface area contributed by atoms with Crippen LogP contribution < -0.4 is 0 Å². The second kappa shape index (κ2) is 5.45. The number of ether oxygens (including phenoxy) is 1. The van der Waals surface area contributed by atoms with E-state index in [0.717, 1.165) is 11.1 Å². The van der Waals surface area contributed by atoms with Crippen LogP contribution in [0.15, 0.2) is 60.0 Å². The highest BCUT2D eigenvalue weighted by Gasteiger charge is 2.35. The Morgan fingerprint density at radius 3 is 1.91 bits per heavy atom. The average Bonchev–Trinajstić information content (AvgIpc) is 2.83. The molecular formula is C16H11NO6. The number of aliphatic hydroxyl groups excluding tert-OH is 2. The van der Waals surface area contributed by atoms with Crippen LogP contribution in [0, 0.1) is 10.1 Å². The van der Waals surface area contributed by atoms with E-state index < -0.39 is 28.5 Å². The number of benzene rings is 2. The maximum absolute atomic E-state index is 11.2. The lowest BCUT2D eigenvalue weighted by molar-refractivity contribution is -0.384. The largest absolute Gasteiger partial charge is 0.505 e. The first-order valence-electron chi connectivity index (χ1n) is 6.65. The summed E-state index contributed by atoms with van der Waals surface area (Å²) in [6.07, 6.45) is -1.02. The number of rotatable bonds is 3. The number of cyclic esters (lactones) is 1. The van der Waals surface area contributed by atoms with E-state index in [1.807, 2.05) is 0 Å². The van der Waals surface area contributed by atoms with Gasteiger partial charge in [0.25, 0.3) is 5.69 Å². The van der Waals surface area contributed by atoms with Crippen molar-refractivity contribution in [3.8, 4) is 11.1 Å². The van der Waals surface area contributed by atoms with E-state index in [1.54, 1.807) is 36.4 Å². The van der Waals surface area contributed by atoms with Crippen LogP contribution in [0.2, 0.25) is 0 Å². The third kappa shape index (κ3) is 2.59. The molecule has 2 aromatic carbocycles. The number of hydrogen-bond donors (Lipinski definition) is 2. The van der Waals surface area contributed by atoms with Crippen LogP contribution in [0.5, 0.6) is 0 Å². The van der Waals surface area contributed by atoms with E-state index in [9.17, 15) is 25.1 Å². The zero-order chi connectivity index (χ0) is 16.6. The Morgan fingerprint density at radius 1 is 0.957 bits per heavy atom. The number of nitro benzene ring substituents is 1. The van der Waals surface area contributed by atoms with Gasteiger partial charge in [0, 0.05) is 17.7 Å². The molecule has 2 N–H and O–H groups in total. The second-order valence-corrected chi connectivity index (χ2v) is 4.95. The van der Waals surface area contributed by atoms with E-state index in [0.29, 0.717) is 5.56 Å². The van der Waals surface area contributed by atoms with E-state index in [-0.39, 0.29) is 5.69 Å². The minimum Gasteiger partial charge on any atom is -0.505 e. The molecule has 0 fully saturated rings. The molecule has 116 valence electrons.